The van der Waals surface area contributed by atoms with Gasteiger partial charge in [-0.2, -0.15) is 11.8 Å². The van der Waals surface area contributed by atoms with Gasteiger partial charge >= 0.3 is 0 Å². The maximum absolute atomic E-state index is 11.9. The third-order valence-electron chi connectivity index (χ3n) is 3.56. The lowest BCUT2D eigenvalue weighted by molar-refractivity contribution is 0.262. The molecule has 118 valence electrons. The Balaban J connectivity index is 2.16. The third-order valence-corrected chi connectivity index (χ3v) is 6.98. The zero-order valence-corrected chi connectivity index (χ0v) is 15.5. The van der Waals surface area contributed by atoms with Crippen LogP contribution in [0.2, 0.25) is 0 Å². The minimum Gasteiger partial charge on any atom is -0.316 e. The Hall–Kier alpha value is -0.0800. The second kappa shape index (κ2) is 7.46. The summed E-state index contributed by atoms with van der Waals surface area (Å²) in [5.74, 6) is 1.65. The molecule has 0 spiro atoms. The van der Waals surface area contributed by atoms with E-state index in [0.717, 1.165) is 28.9 Å². The molecule has 7 heteroatoms. The van der Waals surface area contributed by atoms with Crippen molar-refractivity contribution in [1.29, 1.82) is 0 Å². The molecule has 1 saturated heterocycles. The third kappa shape index (κ3) is 4.69. The molecule has 1 N–H and O–H groups in total. The Kier molecular flexibility index (Phi) is 6.14. The van der Waals surface area contributed by atoms with Crippen molar-refractivity contribution in [2.75, 3.05) is 31.4 Å². The van der Waals surface area contributed by atoms with Gasteiger partial charge in [-0.25, -0.2) is 8.42 Å². The van der Waals surface area contributed by atoms with Gasteiger partial charge in [0.05, 0.1) is 0 Å². The van der Waals surface area contributed by atoms with Crippen LogP contribution in [0.1, 0.15) is 11.1 Å². The summed E-state index contributed by atoms with van der Waals surface area (Å²) in [6.07, 6.45) is 1.33. The van der Waals surface area contributed by atoms with Crippen molar-refractivity contribution in [3.05, 3.63) is 33.8 Å². The van der Waals surface area contributed by atoms with E-state index in [9.17, 15) is 8.42 Å². The van der Waals surface area contributed by atoms with Gasteiger partial charge in [0.2, 0.25) is 0 Å². The fraction of sp³-hybridized carbons (Fsp3) is 0.571. The van der Waals surface area contributed by atoms with Crippen molar-refractivity contribution in [3.63, 3.8) is 0 Å². The summed E-state index contributed by atoms with van der Waals surface area (Å²) in [7, 11) is -1.12. The maximum atomic E-state index is 11.9. The van der Waals surface area contributed by atoms with Crippen LogP contribution in [0.5, 0.6) is 0 Å². The first-order chi connectivity index (χ1) is 9.91. The van der Waals surface area contributed by atoms with Crippen LogP contribution >= 0.6 is 27.7 Å². The zero-order chi connectivity index (χ0) is 15.5. The number of hydrogen-bond acceptors (Lipinski definition) is 5. The zero-order valence-electron chi connectivity index (χ0n) is 12.3. The monoisotopic (exact) mass is 392 g/mol. The SMILES string of the molecule is CNCc1ccc(CN2CCSCC2S(C)(=O)=O)c(Br)c1. The number of rotatable bonds is 5. The molecule has 0 amide bonds. The van der Waals surface area contributed by atoms with Crippen LogP contribution in [-0.2, 0) is 22.9 Å². The van der Waals surface area contributed by atoms with Crippen LogP contribution < -0.4 is 5.32 Å². The molecule has 1 aliphatic heterocycles. The van der Waals surface area contributed by atoms with Crippen molar-refractivity contribution >= 4 is 37.5 Å². The smallest absolute Gasteiger partial charge is 0.164 e. The number of sulfone groups is 1. The molecule has 0 bridgehead atoms. The largest absolute Gasteiger partial charge is 0.316 e. The molecule has 1 aliphatic rings. The quantitative estimate of drug-likeness (QED) is 0.830. The summed E-state index contributed by atoms with van der Waals surface area (Å²) in [5.41, 5.74) is 2.34. The van der Waals surface area contributed by atoms with Gasteiger partial charge in [0.1, 0.15) is 5.37 Å². The van der Waals surface area contributed by atoms with Gasteiger partial charge in [-0.05, 0) is 24.2 Å². The fourth-order valence-corrected chi connectivity index (χ4v) is 5.94. The molecule has 0 aliphatic carbocycles. The number of thioether (sulfide) groups is 1. The fourth-order valence-electron chi connectivity index (χ4n) is 2.44. The highest BCUT2D eigenvalue weighted by Gasteiger charge is 2.31. The van der Waals surface area contributed by atoms with Gasteiger partial charge in [0.25, 0.3) is 0 Å². The number of nitrogens with one attached hydrogen (secondary N) is 1. The Bertz CT molecular complexity index is 593. The lowest BCUT2D eigenvalue weighted by Gasteiger charge is -2.34. The summed E-state index contributed by atoms with van der Waals surface area (Å²) in [5, 5.41) is 2.75. The molecule has 1 aromatic rings. The summed E-state index contributed by atoms with van der Waals surface area (Å²) < 4.78 is 24.9. The number of hydrogen-bond donors (Lipinski definition) is 1. The minimum absolute atomic E-state index is 0.375. The molecule has 1 unspecified atom stereocenters. The normalized spacial score (nSPS) is 20.6. The van der Waals surface area contributed by atoms with E-state index in [0.29, 0.717) is 12.3 Å². The standard InChI is InChI=1S/C14H21BrN2O2S2/c1-16-8-11-3-4-12(13(15)7-11)9-17-5-6-20-10-14(17)21(2,18)19/h3-4,7,14,16H,5-6,8-10H2,1-2H3. The highest BCUT2D eigenvalue weighted by Crippen LogP contribution is 2.26. The Morgan fingerprint density at radius 2 is 2.24 bits per heavy atom. The van der Waals surface area contributed by atoms with Gasteiger partial charge in [-0.3, -0.25) is 4.90 Å². The number of benzene rings is 1. The van der Waals surface area contributed by atoms with E-state index in [4.69, 9.17) is 0 Å². The van der Waals surface area contributed by atoms with Crippen LogP contribution in [0.3, 0.4) is 0 Å². The average Bonchev–Trinajstić information content (AvgIpc) is 2.42. The lowest BCUT2D eigenvalue weighted by Crippen LogP contribution is -2.46. The minimum atomic E-state index is -3.04. The summed E-state index contributed by atoms with van der Waals surface area (Å²) in [6, 6.07) is 6.27. The van der Waals surface area contributed by atoms with Gasteiger partial charge in [-0.15, -0.1) is 0 Å². The Morgan fingerprint density at radius 1 is 1.48 bits per heavy atom. The number of nitrogens with zero attached hydrogens (tertiary/aromatic N) is 1. The van der Waals surface area contributed by atoms with E-state index in [1.165, 1.54) is 11.8 Å². The Labute approximate surface area is 139 Å². The summed E-state index contributed by atoms with van der Waals surface area (Å²) in [6.45, 7) is 2.30. The van der Waals surface area contributed by atoms with Crippen LogP contribution in [0.15, 0.2) is 22.7 Å². The molecule has 21 heavy (non-hydrogen) atoms. The molecule has 2 rings (SSSR count). The summed E-state index contributed by atoms with van der Waals surface area (Å²) >= 11 is 5.32. The molecule has 1 aromatic carbocycles. The van der Waals surface area contributed by atoms with Gasteiger partial charge in [0, 0.05) is 41.9 Å². The van der Waals surface area contributed by atoms with Crippen molar-refractivity contribution in [3.8, 4) is 0 Å². The predicted molar refractivity (Wildman–Crippen MR) is 93.3 cm³/mol. The van der Waals surface area contributed by atoms with E-state index >= 15 is 0 Å². The predicted octanol–water partition coefficient (Wildman–Crippen LogP) is 2.09. The molecule has 1 fully saturated rings. The number of halogens is 1. The first-order valence-electron chi connectivity index (χ1n) is 6.84. The summed E-state index contributed by atoms with van der Waals surface area (Å²) in [4.78, 5) is 2.07. The van der Waals surface area contributed by atoms with E-state index in [1.807, 2.05) is 7.05 Å². The molecule has 0 saturated carbocycles. The van der Waals surface area contributed by atoms with Crippen molar-refractivity contribution in [1.82, 2.24) is 10.2 Å². The van der Waals surface area contributed by atoms with Crippen LogP contribution in [0.4, 0.5) is 0 Å². The maximum Gasteiger partial charge on any atom is 0.164 e. The van der Waals surface area contributed by atoms with Crippen molar-refractivity contribution in [2.45, 2.75) is 18.5 Å². The van der Waals surface area contributed by atoms with Crippen LogP contribution in [0, 0.1) is 0 Å². The average molecular weight is 393 g/mol. The van der Waals surface area contributed by atoms with E-state index in [2.05, 4.69) is 44.3 Å². The molecule has 1 heterocycles. The Morgan fingerprint density at radius 3 is 2.86 bits per heavy atom. The second-order valence-electron chi connectivity index (χ2n) is 5.29. The molecule has 0 radical (unpaired) electrons. The van der Waals surface area contributed by atoms with Crippen LogP contribution in [0.25, 0.3) is 0 Å². The van der Waals surface area contributed by atoms with Crippen molar-refractivity contribution < 1.29 is 8.42 Å². The molecular formula is C14H21BrN2O2S2. The highest BCUT2D eigenvalue weighted by atomic mass is 79.9. The van der Waals surface area contributed by atoms with E-state index in [-0.39, 0.29) is 5.37 Å². The van der Waals surface area contributed by atoms with Gasteiger partial charge in [0.15, 0.2) is 9.84 Å². The van der Waals surface area contributed by atoms with E-state index < -0.39 is 9.84 Å². The molecule has 0 aromatic heterocycles. The molecular weight excluding hydrogens is 372 g/mol. The second-order valence-corrected chi connectivity index (χ2v) is 9.49. The molecule has 1 atom stereocenters. The van der Waals surface area contributed by atoms with Gasteiger partial charge < -0.3 is 5.32 Å². The van der Waals surface area contributed by atoms with Crippen molar-refractivity contribution in [2.24, 2.45) is 0 Å². The first-order valence-corrected chi connectivity index (χ1v) is 10.7. The highest BCUT2D eigenvalue weighted by molar-refractivity contribution is 9.10. The molecule has 4 nitrogen and oxygen atoms in total. The topological polar surface area (TPSA) is 49.4 Å². The van der Waals surface area contributed by atoms with E-state index in [1.54, 1.807) is 11.8 Å². The van der Waals surface area contributed by atoms with Gasteiger partial charge in [-0.1, -0.05) is 28.1 Å². The van der Waals surface area contributed by atoms with Crippen LogP contribution in [-0.4, -0.2) is 50.0 Å². The first kappa shape index (κ1) is 17.3. The lowest BCUT2D eigenvalue weighted by atomic mass is 10.1.